The zero-order valence-electron chi connectivity index (χ0n) is 37.2. The first-order valence-electron chi connectivity index (χ1n) is 21.5. The molecule has 2 aliphatic carbocycles. The monoisotopic (exact) mass is 846 g/mol. The predicted octanol–water partition coefficient (Wildman–Crippen LogP) is 9.02. The van der Waals surface area contributed by atoms with Crippen LogP contribution in [-0.4, -0.2) is 89.5 Å². The molecule has 2 fully saturated rings. The Labute approximate surface area is 359 Å². The van der Waals surface area contributed by atoms with Gasteiger partial charge in [0.15, 0.2) is 5.78 Å². The van der Waals surface area contributed by atoms with Gasteiger partial charge in [0.25, 0.3) is 0 Å². The summed E-state index contributed by atoms with van der Waals surface area (Å²) in [6, 6.07) is 28.6. The highest BCUT2D eigenvalue weighted by molar-refractivity contribution is 6.76. The number of ketones is 1. The Hall–Kier alpha value is -3.23. The minimum absolute atomic E-state index is 0.00551. The van der Waals surface area contributed by atoms with Gasteiger partial charge in [0, 0.05) is 33.6 Å². The second-order valence-electron chi connectivity index (χ2n) is 18.3. The summed E-state index contributed by atoms with van der Waals surface area (Å²) in [6.07, 6.45) is -0.652. The predicted molar refractivity (Wildman–Crippen MR) is 236 cm³/mol. The maximum Gasteiger partial charge on any atom is 0.165 e. The van der Waals surface area contributed by atoms with Gasteiger partial charge in [0.2, 0.25) is 0 Å². The molecule has 3 aromatic carbocycles. The normalized spacial score (nSPS) is 25.8. The van der Waals surface area contributed by atoms with Gasteiger partial charge in [-0.25, -0.2) is 0 Å². The molecular formula is C49H70O10Si. The summed E-state index contributed by atoms with van der Waals surface area (Å²) < 4.78 is 51.4. The average molecular weight is 847 g/mol. The van der Waals surface area contributed by atoms with Crippen LogP contribution in [0.25, 0.3) is 0 Å². The van der Waals surface area contributed by atoms with E-state index in [0.29, 0.717) is 26.1 Å². The van der Waals surface area contributed by atoms with Crippen molar-refractivity contribution >= 4 is 13.9 Å². The standard InChI is InChI=1S/C49H70O10Si/c1-10-42(55-30-36-17-13-11-14-18-36)47(57-32-38-21-23-39(53-6)24-22-38)45(56-31-37-19-15-12-16-20-37)40-29-43(50)49(51)26-25-41(48(49,3)4)46(58-33-52-5)44(35(40)2)59-34-54-27-28-60(7,8)9/h10-24,35,40-42,44-47,51H,1,25-34H2,2-9H3/t35-,40+,41+,42+,44+,45+,46-,47-,49+/m1/s1. The molecule has 0 unspecified atom stereocenters. The van der Waals surface area contributed by atoms with E-state index in [1.807, 2.05) is 98.8 Å². The Balaban J connectivity index is 1.62. The van der Waals surface area contributed by atoms with E-state index >= 15 is 0 Å². The Morgan fingerprint density at radius 1 is 0.817 bits per heavy atom. The zero-order valence-corrected chi connectivity index (χ0v) is 38.2. The summed E-state index contributed by atoms with van der Waals surface area (Å²) in [4.78, 5) is 14.9. The van der Waals surface area contributed by atoms with E-state index in [-0.39, 0.29) is 50.8 Å². The molecule has 3 aromatic rings. The number of carbonyl (C=O) groups excluding carboxylic acids is 1. The third-order valence-electron chi connectivity index (χ3n) is 12.8. The lowest BCUT2D eigenvalue weighted by Gasteiger charge is -2.44. The number of Topliss-reactive ketones (excluding diaryl/α,β-unsaturated/α-hetero) is 1. The number of benzene rings is 3. The molecule has 0 spiro atoms. The van der Waals surface area contributed by atoms with Crippen molar-refractivity contribution in [2.75, 3.05) is 34.4 Å². The molecule has 0 amide bonds. The number of hydrogen-bond donors (Lipinski definition) is 1. The van der Waals surface area contributed by atoms with Crippen molar-refractivity contribution in [1.29, 1.82) is 0 Å². The SMILES string of the molecule is C=C[C@H](OCc1ccccc1)[C@@H](OCc1ccc(OC)cc1)[C@@H](OCc1ccccc1)[C@H]1CC(=O)[C@@]2(O)CC[C@@H]([C@@H](OCOC)[C@@H](OCOCC[Si](C)(C)C)[C@@H]1C)C2(C)C. The Kier molecular flexibility index (Phi) is 17.7. The maximum atomic E-state index is 14.9. The largest absolute Gasteiger partial charge is 0.497 e. The van der Waals surface area contributed by atoms with Crippen LogP contribution in [-0.2, 0) is 57.8 Å². The number of methoxy groups -OCH3 is 2. The van der Waals surface area contributed by atoms with E-state index in [2.05, 4.69) is 33.1 Å². The molecule has 2 bridgehead atoms. The first kappa shape index (κ1) is 47.8. The number of aliphatic hydroxyl groups is 1. The van der Waals surface area contributed by atoms with E-state index in [4.69, 9.17) is 37.9 Å². The van der Waals surface area contributed by atoms with E-state index in [1.165, 1.54) is 0 Å². The topological polar surface area (TPSA) is 111 Å². The van der Waals surface area contributed by atoms with Crippen LogP contribution in [0.3, 0.4) is 0 Å². The van der Waals surface area contributed by atoms with Crippen LogP contribution in [0.1, 0.15) is 56.7 Å². The molecule has 1 N–H and O–H groups in total. The van der Waals surface area contributed by atoms with Crippen molar-refractivity contribution in [3.8, 4) is 5.75 Å². The first-order chi connectivity index (χ1) is 28.7. The van der Waals surface area contributed by atoms with Crippen LogP contribution < -0.4 is 4.74 Å². The fourth-order valence-corrected chi connectivity index (χ4v) is 9.69. The molecule has 0 aliphatic heterocycles. The molecular weight excluding hydrogens is 777 g/mol. The molecule has 0 heterocycles. The minimum atomic E-state index is -1.61. The number of carbonyl (C=O) groups is 1. The van der Waals surface area contributed by atoms with Crippen LogP contribution in [0, 0.1) is 23.2 Å². The molecule has 5 rings (SSSR count). The number of hydrogen-bond acceptors (Lipinski definition) is 10. The number of rotatable bonds is 23. The van der Waals surface area contributed by atoms with Crippen LogP contribution in [0.5, 0.6) is 5.75 Å². The fraction of sp³-hybridized carbons (Fsp3) is 0.571. The Morgan fingerprint density at radius 2 is 1.40 bits per heavy atom. The van der Waals surface area contributed by atoms with Crippen molar-refractivity contribution in [2.45, 2.75) is 122 Å². The lowest BCUT2D eigenvalue weighted by Crippen LogP contribution is -2.53. The zero-order chi connectivity index (χ0) is 43.3. The second kappa shape index (κ2) is 22.2. The van der Waals surface area contributed by atoms with Crippen LogP contribution in [0.2, 0.25) is 25.7 Å². The number of fused-ring (bicyclic) bond motifs is 2. The molecule has 10 nitrogen and oxygen atoms in total. The molecule has 2 saturated carbocycles. The van der Waals surface area contributed by atoms with E-state index < -0.39 is 55.5 Å². The van der Waals surface area contributed by atoms with Crippen molar-refractivity contribution in [3.63, 3.8) is 0 Å². The van der Waals surface area contributed by atoms with Crippen LogP contribution in [0.15, 0.2) is 97.6 Å². The molecule has 330 valence electrons. The highest BCUT2D eigenvalue weighted by Crippen LogP contribution is 2.56. The van der Waals surface area contributed by atoms with Gasteiger partial charge in [0.05, 0.1) is 45.2 Å². The van der Waals surface area contributed by atoms with Gasteiger partial charge < -0.3 is 43.0 Å². The Morgan fingerprint density at radius 3 is 1.98 bits per heavy atom. The molecule has 0 saturated heterocycles. The maximum absolute atomic E-state index is 14.9. The lowest BCUT2D eigenvalue weighted by molar-refractivity contribution is -0.215. The summed E-state index contributed by atoms with van der Waals surface area (Å²) in [7, 11) is 1.88. The molecule has 11 heteroatoms. The third-order valence-corrected chi connectivity index (χ3v) is 14.5. The van der Waals surface area contributed by atoms with Crippen LogP contribution in [0.4, 0.5) is 0 Å². The van der Waals surface area contributed by atoms with Gasteiger partial charge >= 0.3 is 0 Å². The van der Waals surface area contributed by atoms with Gasteiger partial charge in [-0.15, -0.1) is 6.58 Å². The summed E-state index contributed by atoms with van der Waals surface area (Å²) >= 11 is 0. The third kappa shape index (κ3) is 12.2. The van der Waals surface area contributed by atoms with E-state index in [0.717, 1.165) is 28.5 Å². The summed E-state index contributed by atoms with van der Waals surface area (Å²) in [5.74, 6) is -0.640. The summed E-state index contributed by atoms with van der Waals surface area (Å²) in [6.45, 7) is 18.7. The van der Waals surface area contributed by atoms with Crippen molar-refractivity contribution < 1.29 is 47.8 Å². The summed E-state index contributed by atoms with van der Waals surface area (Å²) in [5.41, 5.74) is 0.419. The molecule has 9 atom stereocenters. The summed E-state index contributed by atoms with van der Waals surface area (Å²) in [5, 5.41) is 12.6. The number of ether oxygens (including phenoxy) is 8. The molecule has 2 aliphatic rings. The van der Waals surface area contributed by atoms with Gasteiger partial charge in [-0.3, -0.25) is 4.79 Å². The second-order valence-corrected chi connectivity index (χ2v) is 23.9. The Bertz CT molecular complexity index is 1730. The van der Waals surface area contributed by atoms with Gasteiger partial charge in [-0.05, 0) is 65.5 Å². The minimum Gasteiger partial charge on any atom is -0.497 e. The lowest BCUT2D eigenvalue weighted by atomic mass is 9.68. The molecule has 0 aromatic heterocycles. The van der Waals surface area contributed by atoms with Crippen LogP contribution >= 0.6 is 0 Å². The van der Waals surface area contributed by atoms with Gasteiger partial charge in [-0.2, -0.15) is 0 Å². The quantitative estimate of drug-likeness (QED) is 0.0430. The average Bonchev–Trinajstić information content (AvgIpc) is 3.49. The van der Waals surface area contributed by atoms with Crippen molar-refractivity contribution in [3.05, 3.63) is 114 Å². The van der Waals surface area contributed by atoms with Gasteiger partial charge in [0.1, 0.15) is 37.1 Å². The van der Waals surface area contributed by atoms with E-state index in [1.54, 1.807) is 20.3 Å². The highest BCUT2D eigenvalue weighted by atomic mass is 28.3. The van der Waals surface area contributed by atoms with Gasteiger partial charge in [-0.1, -0.05) is 119 Å². The van der Waals surface area contributed by atoms with Crippen molar-refractivity contribution in [1.82, 2.24) is 0 Å². The smallest absolute Gasteiger partial charge is 0.165 e. The highest BCUT2D eigenvalue weighted by Gasteiger charge is 2.63. The van der Waals surface area contributed by atoms with E-state index in [9.17, 15) is 9.90 Å². The molecule has 0 radical (unpaired) electrons. The first-order valence-corrected chi connectivity index (χ1v) is 25.2. The fourth-order valence-electron chi connectivity index (χ4n) is 8.94. The molecule has 60 heavy (non-hydrogen) atoms. The van der Waals surface area contributed by atoms with Crippen molar-refractivity contribution in [2.24, 2.45) is 23.2 Å².